The molecule has 0 aromatic carbocycles. The Hall–Kier alpha value is -0.0900. The Balaban J connectivity index is 0. The molecule has 0 fully saturated rings. The lowest BCUT2D eigenvalue weighted by atomic mass is 15.9. The summed E-state index contributed by atoms with van der Waals surface area (Å²) < 4.78 is 16.7. The Kier molecular flexibility index (Phi) is 29.1. The summed E-state index contributed by atoms with van der Waals surface area (Å²) in [4.78, 5) is 0. The fourth-order valence-electron chi connectivity index (χ4n) is 0. The first kappa shape index (κ1) is 9.08. The predicted octanol–water partition coefficient (Wildman–Crippen LogP) is -1.33. The van der Waals surface area contributed by atoms with E-state index in [-0.39, 0.29) is 5.48 Å². The van der Waals surface area contributed by atoms with Crippen LogP contribution in [-0.2, 0) is 20.0 Å². The van der Waals surface area contributed by atoms with E-state index in [0.717, 1.165) is 0 Å². The highest BCUT2D eigenvalue weighted by Gasteiger charge is 0.757. The summed E-state index contributed by atoms with van der Waals surface area (Å²) in [6.45, 7) is 0. The third kappa shape index (κ3) is 195. The zero-order chi connectivity index (χ0) is 2.71. The highest BCUT2D eigenvalue weighted by Crippen LogP contribution is 0.942. The van der Waals surface area contributed by atoms with E-state index >= 15 is 0 Å². The molecule has 3 nitrogen and oxygen atoms in total. The molecule has 0 amide bonds. The predicted molar refractivity (Wildman–Crippen MR) is 13.7 cm³/mol. The molecule has 2 N–H and O–H groups in total. The van der Waals surface area contributed by atoms with Gasteiger partial charge in [0.1, 0.15) is 0 Å². The van der Waals surface area contributed by atoms with Gasteiger partial charge in [-0.1, -0.05) is 11.6 Å². The molecule has 0 aliphatic heterocycles. The van der Waals surface area contributed by atoms with Crippen LogP contribution in [0.4, 0.5) is 0 Å². The van der Waals surface area contributed by atoms with Crippen molar-refractivity contribution in [2.45, 2.75) is 0 Å². The van der Waals surface area contributed by atoms with Crippen molar-refractivity contribution in [3.63, 3.8) is 0 Å². The zero-order valence-electron chi connectivity index (χ0n) is 1.76. The molecule has 0 aromatic heterocycles. The zero-order valence-corrected chi connectivity index (χ0v) is 2.66. The van der Waals surface area contributed by atoms with Crippen molar-refractivity contribution in [3.05, 3.63) is 0 Å². The molecule has 0 bridgehead atoms. The third-order valence-electron chi connectivity index (χ3n) is 0. The van der Waals surface area contributed by atoms with Crippen molar-refractivity contribution in [3.8, 4) is 0 Å². The molecule has 28 valence electrons. The van der Waals surface area contributed by atoms with Gasteiger partial charge in [-0.2, -0.15) is 0 Å². The lowest BCUT2D eigenvalue weighted by molar-refractivity contribution is 0.541. The summed E-state index contributed by atoms with van der Waals surface area (Å²) in [7, 11) is 0. The lowest BCUT2D eigenvalue weighted by Gasteiger charge is -1.27. The fraction of sp³-hybridized carbons (Fsp3) is 0. The highest BCUT2D eigenvalue weighted by molar-refractivity contribution is 7.51. The minimum atomic E-state index is -1.08. The molecule has 4 heavy (non-hydrogen) atoms. The van der Waals surface area contributed by atoms with Crippen LogP contribution in [-0.4, -0.2) is 5.48 Å². The van der Waals surface area contributed by atoms with Gasteiger partial charge in [-0.25, -0.2) is 0 Å². The molecule has 0 radical (unpaired) electrons. The first-order valence-corrected chi connectivity index (χ1v) is 1.10. The van der Waals surface area contributed by atoms with Gasteiger partial charge in [-0.3, -0.25) is 0 Å². The quantitative estimate of drug-likeness (QED) is 0.269. The molecule has 0 saturated carbocycles. The lowest BCUT2D eigenvalue weighted by Crippen LogP contribution is -1.06. The normalized spacial score (nSPS) is 4.00. The minimum absolute atomic E-state index is 0. The van der Waals surface area contributed by atoms with Crippen LogP contribution in [0.2, 0.25) is 0 Å². The Morgan fingerprint density at radius 3 is 1.25 bits per heavy atom. The van der Waals surface area contributed by atoms with Crippen LogP contribution in [0.1, 0.15) is 0 Å². The summed E-state index contributed by atoms with van der Waals surface area (Å²) >= 11 is -1.08. The maximum Gasteiger partial charge on any atom is -0.0885 e. The molecular formula is H3O3S-. The number of thiol groups is 1. The van der Waals surface area contributed by atoms with Gasteiger partial charge in [-0.15, -0.1) is 0 Å². The average Bonchev–Trinajstić information content (AvgIpc) is 0.918. The molecule has 0 rings (SSSR count). The van der Waals surface area contributed by atoms with Gasteiger partial charge in [0.2, 0.25) is 0 Å². The smallest absolute Gasteiger partial charge is 0.0885 e. The fourth-order valence-corrected chi connectivity index (χ4v) is 0. The number of hydrogen-bond donors (Lipinski definition) is 0. The van der Waals surface area contributed by atoms with E-state index in [4.69, 9.17) is 8.42 Å². The highest BCUT2D eigenvalue weighted by atomic mass is 32.1. The summed E-state index contributed by atoms with van der Waals surface area (Å²) in [5, 5.41) is 0. The van der Waals surface area contributed by atoms with Gasteiger partial charge in [0.05, 0.1) is 0 Å². The minimum Gasteiger partial charge on any atom is -0.427 e. The van der Waals surface area contributed by atoms with Crippen molar-refractivity contribution in [1.29, 1.82) is 0 Å². The van der Waals surface area contributed by atoms with Crippen molar-refractivity contribution < 1.29 is 13.9 Å². The Labute approximate surface area is 26.5 Å². The Morgan fingerprint density at radius 1 is 1.25 bits per heavy atom. The van der Waals surface area contributed by atoms with Gasteiger partial charge in [0, 0.05) is 0 Å². The third-order valence-corrected chi connectivity index (χ3v) is 0. The molecule has 0 saturated heterocycles. The molecule has 4 heteroatoms. The SMILES string of the molecule is O.O=[SH-]=O. The monoisotopic (exact) mass is 83.0 g/mol. The van der Waals surface area contributed by atoms with Crippen LogP contribution in [0.3, 0.4) is 0 Å². The largest absolute Gasteiger partial charge is 0.427 e. The van der Waals surface area contributed by atoms with Crippen LogP contribution < -0.4 is 0 Å². The summed E-state index contributed by atoms with van der Waals surface area (Å²) in [5.41, 5.74) is 0. The van der Waals surface area contributed by atoms with Crippen LogP contribution >= 0.6 is 0 Å². The molecule has 0 unspecified atom stereocenters. The second-order valence-corrected chi connectivity index (χ2v) is 0.224. The second-order valence-electron chi connectivity index (χ2n) is 0.0745. The maximum absolute atomic E-state index is 8.35. The maximum atomic E-state index is 8.35. The van der Waals surface area contributed by atoms with E-state index in [1.54, 1.807) is 0 Å². The van der Waals surface area contributed by atoms with E-state index in [9.17, 15) is 0 Å². The van der Waals surface area contributed by atoms with Gasteiger partial charge in [0.15, 0.2) is 0 Å². The van der Waals surface area contributed by atoms with Gasteiger partial charge < -0.3 is 13.9 Å². The molecule has 0 aliphatic carbocycles. The van der Waals surface area contributed by atoms with E-state index < -0.39 is 11.6 Å². The van der Waals surface area contributed by atoms with Gasteiger partial charge in [-0.05, 0) is 0 Å². The molecule has 0 heterocycles. The van der Waals surface area contributed by atoms with E-state index in [1.165, 1.54) is 0 Å². The summed E-state index contributed by atoms with van der Waals surface area (Å²) in [6.07, 6.45) is 0. The standard InChI is InChI=1S/HO2S.H2O/c1-3-2;/h3H;1H2/q-1;. The second kappa shape index (κ2) is 12.8. The topological polar surface area (TPSA) is 65.6 Å². The number of rotatable bonds is 0. The first-order chi connectivity index (χ1) is 1.41. The van der Waals surface area contributed by atoms with E-state index in [1.807, 2.05) is 0 Å². The summed E-state index contributed by atoms with van der Waals surface area (Å²) in [6, 6.07) is 0. The molecule has 0 atom stereocenters. The van der Waals surface area contributed by atoms with E-state index in [2.05, 4.69) is 0 Å². The molecule has 0 spiro atoms. The van der Waals surface area contributed by atoms with Crippen LogP contribution in [0.5, 0.6) is 0 Å². The van der Waals surface area contributed by atoms with Crippen molar-refractivity contribution in [2.24, 2.45) is 0 Å². The van der Waals surface area contributed by atoms with Crippen LogP contribution in [0, 0.1) is 0 Å². The average molecular weight is 83.1 g/mol. The van der Waals surface area contributed by atoms with Gasteiger partial charge in [0.25, 0.3) is 0 Å². The Bertz CT molecular complexity index is 24.3. The summed E-state index contributed by atoms with van der Waals surface area (Å²) in [5.74, 6) is 0. The van der Waals surface area contributed by atoms with Crippen molar-refractivity contribution >= 4 is 11.6 Å². The van der Waals surface area contributed by atoms with Crippen LogP contribution in [0.15, 0.2) is 0 Å². The van der Waals surface area contributed by atoms with Crippen LogP contribution in [0.25, 0.3) is 0 Å². The van der Waals surface area contributed by atoms with Crippen molar-refractivity contribution in [1.82, 2.24) is 0 Å². The van der Waals surface area contributed by atoms with Crippen molar-refractivity contribution in [2.75, 3.05) is 0 Å². The van der Waals surface area contributed by atoms with E-state index in [0.29, 0.717) is 0 Å². The first-order valence-electron chi connectivity index (χ1n) is 0.365. The molecule has 0 aromatic rings. The molecule has 0 aliphatic rings. The molecular weight excluding hydrogens is 80.1 g/mol. The van der Waals surface area contributed by atoms with Gasteiger partial charge >= 0.3 is 0 Å². The number of hydrogen-bond acceptors (Lipinski definition) is 3. The Morgan fingerprint density at radius 2 is 1.25 bits per heavy atom.